The molecule has 1 heterocycles. The highest BCUT2D eigenvalue weighted by Crippen LogP contribution is 2.28. The average molecular weight is 390 g/mol. The van der Waals surface area contributed by atoms with E-state index >= 15 is 0 Å². The summed E-state index contributed by atoms with van der Waals surface area (Å²) < 4.78 is 0. The van der Waals surface area contributed by atoms with E-state index in [0.717, 1.165) is 33.6 Å². The molecule has 0 aliphatic carbocycles. The van der Waals surface area contributed by atoms with Crippen molar-refractivity contribution in [3.63, 3.8) is 0 Å². The van der Waals surface area contributed by atoms with Crippen molar-refractivity contribution >= 4 is 11.6 Å². The monoisotopic (exact) mass is 389 g/mol. The molecule has 0 fully saturated rings. The molecule has 1 aromatic heterocycles. The first-order valence-electron chi connectivity index (χ1n) is 10.1. The molecule has 0 unspecified atom stereocenters. The summed E-state index contributed by atoms with van der Waals surface area (Å²) in [6.07, 6.45) is 1.84. The SMILES string of the molecule is CC.CNc1cc(-c2ccc(C)nc2)cc(C(=O)NCc2ccccc2C)c1C. The van der Waals surface area contributed by atoms with Crippen LogP contribution in [0.4, 0.5) is 5.69 Å². The first-order valence-corrected chi connectivity index (χ1v) is 10.1. The van der Waals surface area contributed by atoms with Gasteiger partial charge in [0.05, 0.1) is 0 Å². The van der Waals surface area contributed by atoms with E-state index in [2.05, 4.69) is 34.7 Å². The molecule has 4 nitrogen and oxygen atoms in total. The van der Waals surface area contributed by atoms with Gasteiger partial charge in [0.25, 0.3) is 5.91 Å². The topological polar surface area (TPSA) is 54.0 Å². The van der Waals surface area contributed by atoms with Crippen molar-refractivity contribution in [3.05, 3.63) is 82.7 Å². The fourth-order valence-corrected chi connectivity index (χ4v) is 3.09. The summed E-state index contributed by atoms with van der Waals surface area (Å²) in [5.41, 5.74) is 7.77. The summed E-state index contributed by atoms with van der Waals surface area (Å²) in [5, 5.41) is 6.25. The van der Waals surface area contributed by atoms with E-state index in [-0.39, 0.29) is 5.91 Å². The molecule has 0 spiro atoms. The summed E-state index contributed by atoms with van der Waals surface area (Å²) in [6, 6.07) is 16.1. The van der Waals surface area contributed by atoms with E-state index in [1.54, 1.807) is 0 Å². The molecule has 2 aromatic carbocycles. The van der Waals surface area contributed by atoms with Crippen LogP contribution in [0, 0.1) is 20.8 Å². The van der Waals surface area contributed by atoms with Crippen LogP contribution in [-0.4, -0.2) is 17.9 Å². The maximum Gasteiger partial charge on any atom is 0.251 e. The molecular formula is C25H31N3O. The third kappa shape index (κ3) is 5.44. The number of hydrogen-bond acceptors (Lipinski definition) is 3. The van der Waals surface area contributed by atoms with Crippen LogP contribution >= 0.6 is 0 Å². The molecular weight excluding hydrogens is 358 g/mol. The van der Waals surface area contributed by atoms with Crippen molar-refractivity contribution in [1.82, 2.24) is 10.3 Å². The third-order valence-electron chi connectivity index (χ3n) is 4.87. The first kappa shape index (κ1) is 22.2. The lowest BCUT2D eigenvalue weighted by Gasteiger charge is -2.15. The number of rotatable bonds is 5. The zero-order valence-corrected chi connectivity index (χ0v) is 18.3. The number of amides is 1. The standard InChI is InChI=1S/C23H25N3O.C2H6/c1-15-7-5-6-8-18(15)13-26-23(27)21-11-20(12-22(24-4)17(21)3)19-10-9-16(2)25-14-19;1-2/h5-12,14,24H,13H2,1-4H3,(H,26,27);1-2H3. The number of anilines is 1. The lowest BCUT2D eigenvalue weighted by atomic mass is 9.98. The van der Waals surface area contributed by atoms with E-state index in [4.69, 9.17) is 0 Å². The molecule has 0 saturated heterocycles. The minimum absolute atomic E-state index is 0.0748. The van der Waals surface area contributed by atoms with Gasteiger partial charge in [-0.05, 0) is 61.2 Å². The van der Waals surface area contributed by atoms with Gasteiger partial charge in [-0.25, -0.2) is 0 Å². The number of carbonyl (C=O) groups excluding carboxylic acids is 1. The molecule has 29 heavy (non-hydrogen) atoms. The summed E-state index contributed by atoms with van der Waals surface area (Å²) in [4.78, 5) is 17.3. The number of nitrogens with one attached hydrogen (secondary N) is 2. The number of benzene rings is 2. The molecule has 1 amide bonds. The Morgan fingerprint density at radius 3 is 2.31 bits per heavy atom. The second-order valence-electron chi connectivity index (χ2n) is 6.74. The van der Waals surface area contributed by atoms with Crippen molar-refractivity contribution in [2.24, 2.45) is 0 Å². The number of pyridine rings is 1. The Labute approximate surface area is 174 Å². The molecule has 3 aromatic rings. The van der Waals surface area contributed by atoms with Crippen LogP contribution in [0.25, 0.3) is 11.1 Å². The van der Waals surface area contributed by atoms with Crippen molar-refractivity contribution in [2.45, 2.75) is 41.2 Å². The highest BCUT2D eigenvalue weighted by Gasteiger charge is 2.15. The van der Waals surface area contributed by atoms with Crippen LogP contribution in [0.3, 0.4) is 0 Å². The van der Waals surface area contributed by atoms with Crippen molar-refractivity contribution < 1.29 is 4.79 Å². The van der Waals surface area contributed by atoms with Gasteiger partial charge < -0.3 is 10.6 Å². The molecule has 0 aliphatic heterocycles. The van der Waals surface area contributed by atoms with Gasteiger partial charge in [0.2, 0.25) is 0 Å². The molecule has 0 aliphatic rings. The molecule has 152 valence electrons. The van der Waals surface area contributed by atoms with Gasteiger partial charge in [-0.3, -0.25) is 9.78 Å². The fourth-order valence-electron chi connectivity index (χ4n) is 3.09. The molecule has 0 radical (unpaired) electrons. The van der Waals surface area contributed by atoms with Gasteiger partial charge in [-0.1, -0.05) is 44.2 Å². The van der Waals surface area contributed by atoms with Crippen LogP contribution in [-0.2, 0) is 6.54 Å². The Morgan fingerprint density at radius 1 is 0.966 bits per heavy atom. The second kappa shape index (κ2) is 10.4. The largest absolute Gasteiger partial charge is 0.388 e. The molecule has 0 bridgehead atoms. The molecule has 0 saturated carbocycles. The van der Waals surface area contributed by atoms with Gasteiger partial charge in [-0.2, -0.15) is 0 Å². The summed E-state index contributed by atoms with van der Waals surface area (Å²) in [6.45, 7) is 10.5. The number of aryl methyl sites for hydroxylation is 2. The van der Waals surface area contributed by atoms with Crippen LogP contribution in [0.5, 0.6) is 0 Å². The number of aromatic nitrogens is 1. The predicted molar refractivity (Wildman–Crippen MR) is 122 cm³/mol. The Kier molecular flexibility index (Phi) is 7.96. The molecule has 4 heteroatoms. The zero-order chi connectivity index (χ0) is 21.4. The maximum atomic E-state index is 12.9. The van der Waals surface area contributed by atoms with Gasteiger partial charge in [0.15, 0.2) is 0 Å². The highest BCUT2D eigenvalue weighted by molar-refractivity contribution is 5.98. The van der Waals surface area contributed by atoms with Gasteiger partial charge in [0.1, 0.15) is 0 Å². The number of nitrogens with zero attached hydrogens (tertiary/aromatic N) is 1. The van der Waals surface area contributed by atoms with Crippen LogP contribution in [0.2, 0.25) is 0 Å². The van der Waals surface area contributed by atoms with Crippen molar-refractivity contribution in [2.75, 3.05) is 12.4 Å². The maximum absolute atomic E-state index is 12.9. The van der Waals surface area contributed by atoms with E-state index in [1.807, 2.05) is 77.3 Å². The van der Waals surface area contributed by atoms with Crippen LogP contribution in [0.15, 0.2) is 54.7 Å². The second-order valence-corrected chi connectivity index (χ2v) is 6.74. The van der Waals surface area contributed by atoms with Crippen LogP contribution in [0.1, 0.15) is 46.6 Å². The number of hydrogen-bond donors (Lipinski definition) is 2. The summed E-state index contributed by atoms with van der Waals surface area (Å²) in [7, 11) is 1.87. The minimum Gasteiger partial charge on any atom is -0.388 e. The van der Waals surface area contributed by atoms with E-state index < -0.39 is 0 Å². The highest BCUT2D eigenvalue weighted by atomic mass is 16.1. The Balaban J connectivity index is 0.00000145. The van der Waals surface area contributed by atoms with Gasteiger partial charge in [-0.15, -0.1) is 0 Å². The lowest BCUT2D eigenvalue weighted by Crippen LogP contribution is -2.24. The third-order valence-corrected chi connectivity index (χ3v) is 4.87. The fraction of sp³-hybridized carbons (Fsp3) is 0.280. The first-order chi connectivity index (χ1) is 14.0. The summed E-state index contributed by atoms with van der Waals surface area (Å²) in [5.74, 6) is -0.0748. The van der Waals surface area contributed by atoms with Crippen LogP contribution < -0.4 is 10.6 Å². The zero-order valence-electron chi connectivity index (χ0n) is 18.3. The quantitative estimate of drug-likeness (QED) is 0.591. The molecule has 2 N–H and O–H groups in total. The minimum atomic E-state index is -0.0748. The normalized spacial score (nSPS) is 10.0. The lowest BCUT2D eigenvalue weighted by molar-refractivity contribution is 0.0950. The van der Waals surface area contributed by atoms with E-state index in [1.165, 1.54) is 5.56 Å². The Bertz CT molecular complexity index is 962. The summed E-state index contributed by atoms with van der Waals surface area (Å²) >= 11 is 0. The predicted octanol–water partition coefficient (Wildman–Crippen LogP) is 5.67. The van der Waals surface area contributed by atoms with Gasteiger partial charge in [0, 0.05) is 42.3 Å². The van der Waals surface area contributed by atoms with Crippen molar-refractivity contribution in [1.29, 1.82) is 0 Å². The van der Waals surface area contributed by atoms with E-state index in [0.29, 0.717) is 12.1 Å². The average Bonchev–Trinajstić information content (AvgIpc) is 2.75. The number of carbonyl (C=O) groups is 1. The van der Waals surface area contributed by atoms with Crippen molar-refractivity contribution in [3.8, 4) is 11.1 Å². The Hall–Kier alpha value is -3.14. The Morgan fingerprint density at radius 2 is 1.69 bits per heavy atom. The van der Waals surface area contributed by atoms with E-state index in [9.17, 15) is 4.79 Å². The molecule has 3 rings (SSSR count). The smallest absolute Gasteiger partial charge is 0.251 e. The molecule has 0 atom stereocenters. The van der Waals surface area contributed by atoms with Gasteiger partial charge >= 0.3 is 0 Å².